The van der Waals surface area contributed by atoms with Gasteiger partial charge >= 0.3 is 0 Å². The molecule has 0 radical (unpaired) electrons. The molecule has 0 spiro atoms. The van der Waals surface area contributed by atoms with Crippen LogP contribution in [0.5, 0.6) is 0 Å². The second kappa shape index (κ2) is 4.23. The van der Waals surface area contributed by atoms with Gasteiger partial charge in [-0.15, -0.1) is 5.10 Å². The van der Waals surface area contributed by atoms with Crippen molar-refractivity contribution in [2.75, 3.05) is 0 Å². The lowest BCUT2D eigenvalue weighted by molar-refractivity contribution is 0.674. The largest absolute Gasteiger partial charge is 0.325 e. The maximum Gasteiger partial charge on any atom is 0.104 e. The number of para-hydroxylation sites is 1. The van der Waals surface area contributed by atoms with Gasteiger partial charge in [0.2, 0.25) is 0 Å². The smallest absolute Gasteiger partial charge is 0.104 e. The van der Waals surface area contributed by atoms with Crippen LogP contribution < -0.4 is 5.73 Å². The molecule has 0 fully saturated rings. The maximum atomic E-state index is 5.72. The molecule has 0 aliphatic heterocycles. The number of nitrogens with zero attached hydrogens (tertiary/aromatic N) is 5. The summed E-state index contributed by atoms with van der Waals surface area (Å²) < 4.78 is 3.60. The molecule has 0 unspecified atom stereocenters. The maximum absolute atomic E-state index is 5.72. The fraction of sp³-hybridized carbons (Fsp3) is 0.250. The predicted molar refractivity (Wildman–Crippen MR) is 67.7 cm³/mol. The van der Waals surface area contributed by atoms with Gasteiger partial charge in [0.05, 0.1) is 17.8 Å². The van der Waals surface area contributed by atoms with Crippen LogP contribution in [0.3, 0.4) is 0 Å². The lowest BCUT2D eigenvalue weighted by atomic mass is 10.2. The molecule has 0 atom stereocenters. The molecule has 0 bridgehead atoms. The summed E-state index contributed by atoms with van der Waals surface area (Å²) >= 11 is 0. The lowest BCUT2D eigenvalue weighted by Gasteiger charge is -1.99. The second-order valence-corrected chi connectivity index (χ2v) is 4.21. The summed E-state index contributed by atoms with van der Waals surface area (Å²) in [4.78, 5) is 0. The SMILES string of the molecule is Cn1cc(Cn2nc(CN)c3ccccc32)nn1. The number of hydrogen-bond donors (Lipinski definition) is 1. The van der Waals surface area contributed by atoms with Crippen LogP contribution in [0.15, 0.2) is 30.5 Å². The Morgan fingerprint density at radius 3 is 2.83 bits per heavy atom. The number of rotatable bonds is 3. The van der Waals surface area contributed by atoms with Crippen LogP contribution in [-0.4, -0.2) is 24.8 Å². The first kappa shape index (κ1) is 10.9. The number of hydrogen-bond acceptors (Lipinski definition) is 4. The molecule has 92 valence electrons. The van der Waals surface area contributed by atoms with E-state index in [1.54, 1.807) is 4.68 Å². The summed E-state index contributed by atoms with van der Waals surface area (Å²) in [6, 6.07) is 8.07. The minimum absolute atomic E-state index is 0.438. The van der Waals surface area contributed by atoms with Gasteiger partial charge in [0.1, 0.15) is 5.69 Å². The van der Waals surface area contributed by atoms with Crippen LogP contribution in [0.25, 0.3) is 10.9 Å². The first-order chi connectivity index (χ1) is 8.78. The molecule has 3 rings (SSSR count). The van der Waals surface area contributed by atoms with E-state index < -0.39 is 0 Å². The molecule has 1 aromatic carbocycles. The van der Waals surface area contributed by atoms with E-state index in [0.29, 0.717) is 13.1 Å². The minimum atomic E-state index is 0.438. The van der Waals surface area contributed by atoms with E-state index in [1.807, 2.05) is 42.2 Å². The molecular formula is C12H14N6. The van der Waals surface area contributed by atoms with Crippen LogP contribution >= 0.6 is 0 Å². The predicted octanol–water partition coefficient (Wildman–Crippen LogP) is 0.672. The summed E-state index contributed by atoms with van der Waals surface area (Å²) in [6.07, 6.45) is 1.89. The van der Waals surface area contributed by atoms with Gasteiger partial charge in [-0.2, -0.15) is 5.10 Å². The van der Waals surface area contributed by atoms with E-state index in [0.717, 1.165) is 22.3 Å². The summed E-state index contributed by atoms with van der Waals surface area (Å²) in [6.45, 7) is 1.04. The molecule has 18 heavy (non-hydrogen) atoms. The van der Waals surface area contributed by atoms with E-state index in [2.05, 4.69) is 15.4 Å². The highest BCUT2D eigenvalue weighted by molar-refractivity contribution is 5.81. The van der Waals surface area contributed by atoms with E-state index >= 15 is 0 Å². The van der Waals surface area contributed by atoms with E-state index in [1.165, 1.54) is 0 Å². The molecule has 2 aromatic heterocycles. The lowest BCUT2D eigenvalue weighted by Crippen LogP contribution is -2.04. The molecule has 0 saturated heterocycles. The Morgan fingerprint density at radius 1 is 1.28 bits per heavy atom. The van der Waals surface area contributed by atoms with Crippen molar-refractivity contribution < 1.29 is 0 Å². The Labute approximate surface area is 104 Å². The minimum Gasteiger partial charge on any atom is -0.325 e. The van der Waals surface area contributed by atoms with E-state index in [-0.39, 0.29) is 0 Å². The summed E-state index contributed by atoms with van der Waals surface area (Å²) in [7, 11) is 1.85. The highest BCUT2D eigenvalue weighted by Crippen LogP contribution is 2.18. The first-order valence-electron chi connectivity index (χ1n) is 5.77. The summed E-state index contributed by atoms with van der Waals surface area (Å²) in [5.74, 6) is 0. The average molecular weight is 242 g/mol. The van der Waals surface area contributed by atoms with Gasteiger partial charge in [0.25, 0.3) is 0 Å². The Bertz CT molecular complexity index is 681. The van der Waals surface area contributed by atoms with E-state index in [9.17, 15) is 0 Å². The van der Waals surface area contributed by atoms with Crippen LogP contribution in [0.2, 0.25) is 0 Å². The zero-order chi connectivity index (χ0) is 12.5. The van der Waals surface area contributed by atoms with Gasteiger partial charge in [-0.25, -0.2) is 0 Å². The third-order valence-corrected chi connectivity index (χ3v) is 2.89. The number of benzene rings is 1. The van der Waals surface area contributed by atoms with Gasteiger partial charge in [-0.3, -0.25) is 9.36 Å². The zero-order valence-corrected chi connectivity index (χ0v) is 10.1. The van der Waals surface area contributed by atoms with Crippen LogP contribution in [-0.2, 0) is 20.1 Å². The van der Waals surface area contributed by atoms with Crippen molar-refractivity contribution in [1.29, 1.82) is 0 Å². The highest BCUT2D eigenvalue weighted by atomic mass is 15.4. The van der Waals surface area contributed by atoms with Crippen molar-refractivity contribution in [2.24, 2.45) is 12.8 Å². The standard InChI is InChI=1S/C12H14N6/c1-17-7-9(14-16-17)8-18-12-5-3-2-4-10(12)11(6-13)15-18/h2-5,7H,6,8,13H2,1H3. The molecular weight excluding hydrogens is 228 g/mol. The topological polar surface area (TPSA) is 74.5 Å². The van der Waals surface area contributed by atoms with Gasteiger partial charge < -0.3 is 5.73 Å². The number of fused-ring (bicyclic) bond motifs is 1. The fourth-order valence-electron chi connectivity index (χ4n) is 2.09. The van der Waals surface area contributed by atoms with Gasteiger partial charge in [-0.05, 0) is 6.07 Å². The molecule has 2 heterocycles. The van der Waals surface area contributed by atoms with Crippen molar-refractivity contribution in [3.63, 3.8) is 0 Å². The number of nitrogens with two attached hydrogens (primary N) is 1. The highest BCUT2D eigenvalue weighted by Gasteiger charge is 2.10. The van der Waals surface area contributed by atoms with Crippen molar-refractivity contribution >= 4 is 10.9 Å². The van der Waals surface area contributed by atoms with Gasteiger partial charge in [0, 0.05) is 25.2 Å². The van der Waals surface area contributed by atoms with Crippen molar-refractivity contribution in [3.8, 4) is 0 Å². The zero-order valence-electron chi connectivity index (χ0n) is 10.1. The van der Waals surface area contributed by atoms with Crippen LogP contribution in [0.1, 0.15) is 11.4 Å². The molecule has 0 aliphatic carbocycles. The monoisotopic (exact) mass is 242 g/mol. The van der Waals surface area contributed by atoms with Crippen molar-refractivity contribution in [2.45, 2.75) is 13.1 Å². The molecule has 6 heteroatoms. The average Bonchev–Trinajstić information content (AvgIpc) is 2.95. The number of aryl methyl sites for hydroxylation is 1. The third kappa shape index (κ3) is 1.76. The molecule has 3 aromatic rings. The van der Waals surface area contributed by atoms with Crippen molar-refractivity contribution in [1.82, 2.24) is 24.8 Å². The molecule has 0 amide bonds. The summed E-state index contributed by atoms with van der Waals surface area (Å²) in [5.41, 5.74) is 8.59. The Kier molecular flexibility index (Phi) is 2.56. The third-order valence-electron chi connectivity index (χ3n) is 2.89. The van der Waals surface area contributed by atoms with Crippen LogP contribution in [0.4, 0.5) is 0 Å². The molecule has 2 N–H and O–H groups in total. The quantitative estimate of drug-likeness (QED) is 0.732. The van der Waals surface area contributed by atoms with Crippen molar-refractivity contribution in [3.05, 3.63) is 41.9 Å². The van der Waals surface area contributed by atoms with Gasteiger partial charge in [0.15, 0.2) is 0 Å². The first-order valence-corrected chi connectivity index (χ1v) is 5.77. The molecule has 0 aliphatic rings. The number of aromatic nitrogens is 5. The Balaban J connectivity index is 2.06. The Hall–Kier alpha value is -2.21. The fourth-order valence-corrected chi connectivity index (χ4v) is 2.09. The van der Waals surface area contributed by atoms with E-state index in [4.69, 9.17) is 5.73 Å². The normalized spacial score (nSPS) is 11.2. The molecule has 6 nitrogen and oxygen atoms in total. The van der Waals surface area contributed by atoms with Gasteiger partial charge in [-0.1, -0.05) is 23.4 Å². The summed E-state index contributed by atoms with van der Waals surface area (Å²) in [5, 5.41) is 13.6. The Morgan fingerprint density at radius 2 is 2.11 bits per heavy atom. The molecule has 0 saturated carbocycles. The van der Waals surface area contributed by atoms with Crippen LogP contribution in [0, 0.1) is 0 Å². The second-order valence-electron chi connectivity index (χ2n) is 4.21.